The van der Waals surface area contributed by atoms with Crippen LogP contribution in [0.2, 0.25) is 0 Å². The molecule has 0 spiro atoms. The smallest absolute Gasteiger partial charge is 0.0233 e. The van der Waals surface area contributed by atoms with E-state index in [0.29, 0.717) is 0 Å². The monoisotopic (exact) mass is 81.1 g/mol. The molecule has 0 aromatic heterocycles. The Hall–Kier alpha value is -0.520. The molecule has 1 radical (unpaired) electrons. The van der Waals surface area contributed by atoms with Crippen LogP contribution in [0, 0.1) is 6.08 Å². The lowest BCUT2D eigenvalue weighted by molar-refractivity contribution is 1.65. The van der Waals surface area contributed by atoms with Crippen LogP contribution in [0.15, 0.2) is 18.2 Å². The molecule has 0 aromatic rings. The quantitative estimate of drug-likeness (QED) is 0.423. The molecule has 0 bridgehead atoms. The van der Waals surface area contributed by atoms with Crippen molar-refractivity contribution < 1.29 is 0 Å². The first-order chi connectivity index (χ1) is 2.91. The van der Waals surface area contributed by atoms with E-state index in [1.54, 1.807) is 0 Å². The van der Waals surface area contributed by atoms with Gasteiger partial charge in [-0.1, -0.05) is 18.2 Å². The van der Waals surface area contributed by atoms with Gasteiger partial charge in [-0.2, -0.15) is 0 Å². The number of hydrogen-bond acceptors (Lipinski definition) is 0. The first-order valence-electron chi connectivity index (χ1n) is 2.07. The largest absolute Gasteiger partial charge is 0.0871 e. The van der Waals surface area contributed by atoms with Crippen LogP contribution < -0.4 is 0 Å². The molecule has 0 nitrogen and oxygen atoms in total. The van der Waals surface area contributed by atoms with Crippen molar-refractivity contribution in [1.82, 2.24) is 0 Å². The standard InChI is InChI=1S/C6H9/c1-3-5-6-4-2/h3-5H,1-2H3/b5-3+,6-4?. The Balaban J connectivity index is 3.07. The first kappa shape index (κ1) is 5.48. The van der Waals surface area contributed by atoms with Crippen LogP contribution in [0.1, 0.15) is 13.8 Å². The number of hydrogen-bond donors (Lipinski definition) is 0. The minimum absolute atomic E-state index is 1.88. The normalized spacial score (nSPS) is 11.7. The second-order valence-electron chi connectivity index (χ2n) is 0.955. The summed E-state index contributed by atoms with van der Waals surface area (Å²) in [6.45, 7) is 3.91. The van der Waals surface area contributed by atoms with Gasteiger partial charge in [0.15, 0.2) is 0 Å². The van der Waals surface area contributed by atoms with Gasteiger partial charge in [-0.25, -0.2) is 0 Å². The van der Waals surface area contributed by atoms with Gasteiger partial charge < -0.3 is 0 Å². The Morgan fingerprint density at radius 2 is 2.00 bits per heavy atom. The summed E-state index contributed by atoms with van der Waals surface area (Å²) < 4.78 is 0. The molecule has 0 unspecified atom stereocenters. The highest BCUT2D eigenvalue weighted by atomic mass is 13.6. The molecule has 0 heteroatoms. The summed E-state index contributed by atoms with van der Waals surface area (Å²) in [4.78, 5) is 0. The van der Waals surface area contributed by atoms with E-state index in [-0.39, 0.29) is 0 Å². The Morgan fingerprint density at radius 3 is 2.17 bits per heavy atom. The van der Waals surface area contributed by atoms with E-state index in [1.807, 2.05) is 32.1 Å². The molecule has 0 N–H and O–H groups in total. The summed E-state index contributed by atoms with van der Waals surface area (Å²) >= 11 is 0. The van der Waals surface area contributed by atoms with Crippen LogP contribution in [0.3, 0.4) is 0 Å². The van der Waals surface area contributed by atoms with Crippen LogP contribution in [-0.2, 0) is 0 Å². The van der Waals surface area contributed by atoms with Crippen molar-refractivity contribution in [3.8, 4) is 0 Å². The van der Waals surface area contributed by atoms with Gasteiger partial charge in [-0.3, -0.25) is 0 Å². The van der Waals surface area contributed by atoms with Gasteiger partial charge in [0.2, 0.25) is 0 Å². The highest BCUT2D eigenvalue weighted by Crippen LogP contribution is 1.69. The van der Waals surface area contributed by atoms with Gasteiger partial charge in [0.05, 0.1) is 0 Å². The highest BCUT2D eigenvalue weighted by Gasteiger charge is 1.50. The van der Waals surface area contributed by atoms with Crippen LogP contribution >= 0.6 is 0 Å². The lowest BCUT2D eigenvalue weighted by Crippen LogP contribution is -1.42. The molecule has 0 saturated carbocycles. The molecule has 0 aromatic carbocycles. The second kappa shape index (κ2) is 4.48. The molecule has 0 aliphatic rings. The zero-order chi connectivity index (χ0) is 4.83. The molecule has 0 fully saturated rings. The minimum Gasteiger partial charge on any atom is -0.0871 e. The van der Waals surface area contributed by atoms with Gasteiger partial charge >= 0.3 is 0 Å². The lowest BCUT2D eigenvalue weighted by Gasteiger charge is -1.61. The second-order valence-corrected chi connectivity index (χ2v) is 0.955. The van der Waals surface area contributed by atoms with Crippen molar-refractivity contribution >= 4 is 0 Å². The van der Waals surface area contributed by atoms with Crippen LogP contribution in [0.4, 0.5) is 0 Å². The van der Waals surface area contributed by atoms with E-state index >= 15 is 0 Å². The van der Waals surface area contributed by atoms with Crippen LogP contribution in [-0.4, -0.2) is 0 Å². The lowest BCUT2D eigenvalue weighted by atomic mass is 10.5. The van der Waals surface area contributed by atoms with E-state index in [1.165, 1.54) is 0 Å². The molecule has 0 amide bonds. The van der Waals surface area contributed by atoms with Gasteiger partial charge in [0.25, 0.3) is 0 Å². The van der Waals surface area contributed by atoms with Gasteiger partial charge in [0, 0.05) is 0 Å². The Labute approximate surface area is 39.2 Å². The summed E-state index contributed by atoms with van der Waals surface area (Å²) in [5.41, 5.74) is 0. The van der Waals surface area contributed by atoms with Crippen molar-refractivity contribution in [3.63, 3.8) is 0 Å². The third-order valence-electron chi connectivity index (χ3n) is 0.430. The van der Waals surface area contributed by atoms with Crippen LogP contribution in [0.5, 0.6) is 0 Å². The molecule has 0 aliphatic carbocycles. The fourth-order valence-electron chi connectivity index (χ4n) is 0.192. The highest BCUT2D eigenvalue weighted by molar-refractivity contribution is 4.90. The fourth-order valence-corrected chi connectivity index (χ4v) is 0.192. The topological polar surface area (TPSA) is 0 Å². The Morgan fingerprint density at radius 1 is 1.33 bits per heavy atom. The third-order valence-corrected chi connectivity index (χ3v) is 0.430. The molecule has 0 heterocycles. The molecule has 0 atom stereocenters. The molecular weight excluding hydrogens is 72.1 g/mol. The average molecular weight is 81.1 g/mol. The molecule has 0 saturated heterocycles. The molecular formula is C6H9. The van der Waals surface area contributed by atoms with Crippen molar-refractivity contribution in [1.29, 1.82) is 0 Å². The van der Waals surface area contributed by atoms with E-state index in [0.717, 1.165) is 0 Å². The van der Waals surface area contributed by atoms with Gasteiger partial charge in [-0.15, -0.1) is 0 Å². The van der Waals surface area contributed by atoms with Crippen LogP contribution in [0.25, 0.3) is 0 Å². The maximum Gasteiger partial charge on any atom is -0.0233 e. The van der Waals surface area contributed by atoms with E-state index in [9.17, 15) is 0 Å². The van der Waals surface area contributed by atoms with Crippen molar-refractivity contribution in [2.45, 2.75) is 13.8 Å². The Kier molecular flexibility index (Phi) is 4.09. The maximum absolute atomic E-state index is 2.89. The van der Waals surface area contributed by atoms with E-state index in [2.05, 4.69) is 6.08 Å². The average Bonchev–Trinajstić information content (AvgIpc) is 1.61. The Bertz CT molecular complexity index is 48.4. The van der Waals surface area contributed by atoms with Gasteiger partial charge in [-0.05, 0) is 19.9 Å². The summed E-state index contributed by atoms with van der Waals surface area (Å²) in [6, 6.07) is 0. The predicted octanol–water partition coefficient (Wildman–Crippen LogP) is 1.94. The van der Waals surface area contributed by atoms with Crippen molar-refractivity contribution in [2.75, 3.05) is 0 Å². The van der Waals surface area contributed by atoms with Crippen molar-refractivity contribution in [2.24, 2.45) is 0 Å². The van der Waals surface area contributed by atoms with Gasteiger partial charge in [0.1, 0.15) is 0 Å². The summed E-state index contributed by atoms with van der Waals surface area (Å²) in [7, 11) is 0. The fraction of sp³-hybridized carbons (Fsp3) is 0.333. The molecule has 33 valence electrons. The maximum atomic E-state index is 2.89. The first-order valence-corrected chi connectivity index (χ1v) is 2.07. The number of allylic oxidation sites excluding steroid dienone is 4. The summed E-state index contributed by atoms with van der Waals surface area (Å²) in [6.07, 6.45) is 8.59. The molecule has 0 aliphatic heterocycles. The van der Waals surface area contributed by atoms with Crippen molar-refractivity contribution in [3.05, 3.63) is 24.3 Å². The zero-order valence-corrected chi connectivity index (χ0v) is 4.23. The zero-order valence-electron chi connectivity index (χ0n) is 4.23. The number of rotatable bonds is 1. The third kappa shape index (κ3) is 3.48. The van der Waals surface area contributed by atoms with E-state index < -0.39 is 0 Å². The summed E-state index contributed by atoms with van der Waals surface area (Å²) in [5, 5.41) is 0. The SMILES string of the molecule is C/C=[C]/C=C/C. The molecule has 6 heavy (non-hydrogen) atoms. The summed E-state index contributed by atoms with van der Waals surface area (Å²) in [5.74, 6) is 0. The minimum atomic E-state index is 1.88. The molecule has 0 rings (SSSR count). The van der Waals surface area contributed by atoms with E-state index in [4.69, 9.17) is 0 Å². The predicted molar refractivity (Wildman–Crippen MR) is 28.3 cm³/mol.